The number of rotatable bonds is 9. The fourth-order valence-corrected chi connectivity index (χ4v) is 6.75. The molecule has 3 aromatic rings. The molecule has 1 aliphatic rings. The molecule has 7 heteroatoms. The first-order valence-electron chi connectivity index (χ1n) is 13.3. The maximum absolute atomic E-state index is 13.6. The normalized spacial score (nSPS) is 25.9. The minimum absolute atomic E-state index is 0.0140. The van der Waals surface area contributed by atoms with Crippen LogP contribution in [-0.4, -0.2) is 34.2 Å². The summed E-state index contributed by atoms with van der Waals surface area (Å²) in [6.45, 7) is 3.57. The largest absolute Gasteiger partial charge is 0.481 e. The Morgan fingerprint density at radius 3 is 1.95 bits per heavy atom. The molecule has 4 rings (SSSR count). The lowest BCUT2D eigenvalue weighted by atomic mass is 9.49. The molecule has 0 amide bonds. The van der Waals surface area contributed by atoms with E-state index in [1.54, 1.807) is 38.1 Å². The molecular weight excluding hydrogens is 524 g/mol. The van der Waals surface area contributed by atoms with E-state index in [0.717, 1.165) is 16.7 Å². The predicted octanol–water partition coefficient (Wildman–Crippen LogP) is 6.77. The van der Waals surface area contributed by atoms with Gasteiger partial charge in [0.25, 0.3) is 0 Å². The summed E-state index contributed by atoms with van der Waals surface area (Å²) in [5.41, 5.74) is 0.0680. The second-order valence-electron chi connectivity index (χ2n) is 10.5. The molecule has 6 nitrogen and oxygen atoms in total. The average molecular weight is 557 g/mol. The number of allylic oxidation sites excluding steroid dienone is 1. The molecule has 3 aromatic carbocycles. The number of carbonyl (C=O) groups is 2. The van der Waals surface area contributed by atoms with Gasteiger partial charge in [0.15, 0.2) is 0 Å². The third-order valence-corrected chi connectivity index (χ3v) is 8.75. The van der Waals surface area contributed by atoms with Crippen LogP contribution in [0.2, 0.25) is 5.02 Å². The number of halogens is 1. The van der Waals surface area contributed by atoms with Crippen LogP contribution in [0, 0.1) is 22.2 Å². The molecule has 0 spiro atoms. The van der Waals surface area contributed by atoms with Crippen molar-refractivity contribution >= 4 is 29.1 Å². The Bertz CT molecular complexity index is 1390. The van der Waals surface area contributed by atoms with Gasteiger partial charge in [-0.25, -0.2) is 0 Å². The summed E-state index contributed by atoms with van der Waals surface area (Å²) in [4.78, 5) is 26.8. The topological polar surface area (TPSA) is 110 Å². The van der Waals surface area contributed by atoms with Crippen LogP contribution in [0.4, 0.5) is 0 Å². The number of nitrogens with zero attached hydrogens (tertiary/aromatic N) is 1. The van der Waals surface area contributed by atoms with Gasteiger partial charge in [-0.3, -0.25) is 9.59 Å². The van der Waals surface area contributed by atoms with Crippen LogP contribution in [0.15, 0.2) is 91.0 Å². The fraction of sp³-hybridized carbons (Fsp3) is 0.303. The molecule has 40 heavy (non-hydrogen) atoms. The van der Waals surface area contributed by atoms with Gasteiger partial charge < -0.3 is 15.5 Å². The van der Waals surface area contributed by atoms with Crippen molar-refractivity contribution in [3.8, 4) is 6.07 Å². The van der Waals surface area contributed by atoms with Gasteiger partial charge in [-0.15, -0.1) is 0 Å². The van der Waals surface area contributed by atoms with Crippen molar-refractivity contribution in [2.75, 3.05) is 0 Å². The molecule has 1 heterocycles. The van der Waals surface area contributed by atoms with Crippen LogP contribution < -0.4 is 5.32 Å². The zero-order valence-electron chi connectivity index (χ0n) is 22.5. The average Bonchev–Trinajstić information content (AvgIpc) is 2.94. The predicted molar refractivity (Wildman–Crippen MR) is 156 cm³/mol. The Balaban J connectivity index is 2.01. The molecule has 0 aromatic heterocycles. The van der Waals surface area contributed by atoms with E-state index >= 15 is 0 Å². The number of piperidine rings is 1. The molecule has 206 valence electrons. The van der Waals surface area contributed by atoms with Gasteiger partial charge >= 0.3 is 11.9 Å². The van der Waals surface area contributed by atoms with Gasteiger partial charge in [-0.2, -0.15) is 5.26 Å². The summed E-state index contributed by atoms with van der Waals surface area (Å²) in [6, 6.07) is 27.1. The minimum Gasteiger partial charge on any atom is -0.481 e. The maximum Gasteiger partial charge on any atom is 0.312 e. The number of hydrogen-bond acceptors (Lipinski definition) is 4. The van der Waals surface area contributed by atoms with Gasteiger partial charge in [0, 0.05) is 29.4 Å². The summed E-state index contributed by atoms with van der Waals surface area (Å²) in [7, 11) is 0. The molecule has 5 unspecified atom stereocenters. The summed E-state index contributed by atoms with van der Waals surface area (Å²) < 4.78 is 0. The highest BCUT2D eigenvalue weighted by Crippen LogP contribution is 2.59. The van der Waals surface area contributed by atoms with Gasteiger partial charge in [0.2, 0.25) is 0 Å². The highest BCUT2D eigenvalue weighted by atomic mass is 35.5. The Hall–Kier alpha value is -3.92. The fourth-order valence-electron chi connectivity index (χ4n) is 6.55. The van der Waals surface area contributed by atoms with E-state index < -0.39 is 40.8 Å². The van der Waals surface area contributed by atoms with Gasteiger partial charge in [-0.05, 0) is 61.1 Å². The SMILES string of the molecule is CC1NC(C)C(CCC#N)(C(=O)O)C(c2cccc(Cl)c2)C1(CC=C(c1ccccc1)c1ccccc1)C(=O)O. The smallest absolute Gasteiger partial charge is 0.312 e. The summed E-state index contributed by atoms with van der Waals surface area (Å²) in [6.07, 6.45) is 1.91. The number of nitriles is 1. The first-order chi connectivity index (χ1) is 19.2. The van der Waals surface area contributed by atoms with E-state index in [4.69, 9.17) is 11.6 Å². The molecule has 5 atom stereocenters. The number of carboxylic acid groups (broad SMARTS) is 2. The highest BCUT2D eigenvalue weighted by molar-refractivity contribution is 6.30. The molecule has 0 bridgehead atoms. The first-order valence-corrected chi connectivity index (χ1v) is 13.7. The third-order valence-electron chi connectivity index (χ3n) is 8.52. The molecule has 3 N–H and O–H groups in total. The lowest BCUT2D eigenvalue weighted by Crippen LogP contribution is -2.69. The van der Waals surface area contributed by atoms with Crippen molar-refractivity contribution in [3.63, 3.8) is 0 Å². The number of nitrogens with one attached hydrogen (secondary N) is 1. The van der Waals surface area contributed by atoms with E-state index in [-0.39, 0.29) is 19.3 Å². The van der Waals surface area contributed by atoms with Gasteiger partial charge in [-0.1, -0.05) is 90.5 Å². The van der Waals surface area contributed by atoms with Crippen molar-refractivity contribution in [1.82, 2.24) is 5.32 Å². The number of hydrogen-bond donors (Lipinski definition) is 3. The van der Waals surface area contributed by atoms with E-state index in [0.29, 0.717) is 10.6 Å². The molecule has 0 saturated carbocycles. The van der Waals surface area contributed by atoms with E-state index in [1.165, 1.54) is 0 Å². The first kappa shape index (κ1) is 29.1. The zero-order chi connectivity index (χ0) is 28.9. The van der Waals surface area contributed by atoms with E-state index in [2.05, 4.69) is 11.4 Å². The van der Waals surface area contributed by atoms with E-state index in [1.807, 2.05) is 66.7 Å². The second-order valence-corrected chi connectivity index (χ2v) is 10.9. The number of benzene rings is 3. The molecule has 1 fully saturated rings. The zero-order valence-corrected chi connectivity index (χ0v) is 23.3. The Morgan fingerprint density at radius 2 is 1.45 bits per heavy atom. The van der Waals surface area contributed by atoms with Crippen molar-refractivity contribution in [3.05, 3.63) is 113 Å². The third kappa shape index (κ3) is 5.15. The van der Waals surface area contributed by atoms with Crippen LogP contribution >= 0.6 is 11.6 Å². The van der Waals surface area contributed by atoms with Crippen LogP contribution in [0.5, 0.6) is 0 Å². The van der Waals surface area contributed by atoms with Crippen LogP contribution in [0.1, 0.15) is 55.7 Å². The van der Waals surface area contributed by atoms with Crippen LogP contribution in [0.25, 0.3) is 5.57 Å². The van der Waals surface area contributed by atoms with Crippen LogP contribution in [-0.2, 0) is 9.59 Å². The summed E-state index contributed by atoms with van der Waals surface area (Å²) >= 11 is 6.40. The quantitative estimate of drug-likeness (QED) is 0.268. The molecule has 1 saturated heterocycles. The van der Waals surface area contributed by atoms with Crippen molar-refractivity contribution < 1.29 is 19.8 Å². The second kappa shape index (κ2) is 12.1. The Morgan fingerprint density at radius 1 is 0.900 bits per heavy atom. The standard InChI is InChI=1S/C33H33ClN2O4/c1-22-32(30(37)38,18-10-20-35)29(26-15-9-16-27(34)21-26)33(31(39)40,23(2)36-22)19-17-28(24-11-5-3-6-12-24)25-13-7-4-8-14-25/h3-9,11-17,21-23,29,36H,10,18-19H2,1-2H3,(H,37,38)(H,39,40). The maximum atomic E-state index is 13.6. The lowest BCUT2D eigenvalue weighted by Gasteiger charge is -2.57. The Labute approximate surface area is 239 Å². The Kier molecular flexibility index (Phi) is 8.78. The van der Waals surface area contributed by atoms with E-state index in [9.17, 15) is 25.1 Å². The minimum atomic E-state index is -1.58. The molecule has 0 radical (unpaired) electrons. The molecular formula is C33H33ClN2O4. The van der Waals surface area contributed by atoms with Crippen molar-refractivity contribution in [2.45, 2.75) is 51.1 Å². The van der Waals surface area contributed by atoms with Crippen molar-refractivity contribution in [2.24, 2.45) is 10.8 Å². The van der Waals surface area contributed by atoms with Gasteiger partial charge in [0.05, 0.1) is 16.9 Å². The monoisotopic (exact) mass is 556 g/mol. The molecule has 0 aliphatic carbocycles. The highest BCUT2D eigenvalue weighted by Gasteiger charge is 2.66. The van der Waals surface area contributed by atoms with Crippen LogP contribution in [0.3, 0.4) is 0 Å². The molecule has 1 aliphatic heterocycles. The summed E-state index contributed by atoms with van der Waals surface area (Å²) in [5, 5.41) is 35.1. The summed E-state index contributed by atoms with van der Waals surface area (Å²) in [5.74, 6) is -3.23. The lowest BCUT2D eigenvalue weighted by molar-refractivity contribution is -0.172. The number of aliphatic carboxylic acids is 2. The number of carboxylic acids is 2. The van der Waals surface area contributed by atoms with Crippen molar-refractivity contribution in [1.29, 1.82) is 5.26 Å². The van der Waals surface area contributed by atoms with Gasteiger partial charge in [0.1, 0.15) is 0 Å².